The van der Waals surface area contributed by atoms with Crippen LogP contribution in [0.1, 0.15) is 26.7 Å². The van der Waals surface area contributed by atoms with Gasteiger partial charge in [-0.25, -0.2) is 0 Å². The van der Waals surface area contributed by atoms with Crippen molar-refractivity contribution >= 4 is 11.8 Å². The van der Waals surface area contributed by atoms with Gasteiger partial charge in [0.15, 0.2) is 0 Å². The van der Waals surface area contributed by atoms with E-state index in [0.29, 0.717) is 12.8 Å². The second-order valence-corrected chi connectivity index (χ2v) is 4.15. The minimum absolute atomic E-state index is 0.0453. The molecular formula is C9H17N3O2. The Bertz CT molecular complexity index is 259. The van der Waals surface area contributed by atoms with Gasteiger partial charge in [-0.3, -0.25) is 9.59 Å². The Labute approximate surface area is 83.4 Å². The highest BCUT2D eigenvalue weighted by molar-refractivity contribution is 5.92. The zero-order chi connectivity index (χ0) is 10.9. The summed E-state index contributed by atoms with van der Waals surface area (Å²) in [4.78, 5) is 24.0. The average Bonchev–Trinajstić information content (AvgIpc) is 2.79. The predicted octanol–water partition coefficient (Wildman–Crippen LogP) is -0.800. The maximum atomic E-state index is 11.8. The number of primary amides is 1. The second-order valence-electron chi connectivity index (χ2n) is 4.15. The second kappa shape index (κ2) is 3.57. The van der Waals surface area contributed by atoms with E-state index in [1.54, 1.807) is 0 Å². The topological polar surface area (TPSA) is 89.4 Å². The Kier molecular flexibility index (Phi) is 2.80. The van der Waals surface area contributed by atoms with Crippen LogP contribution in [0.25, 0.3) is 0 Å². The van der Waals surface area contributed by atoms with E-state index >= 15 is 0 Å². The quantitative estimate of drug-likeness (QED) is 0.621. The Morgan fingerprint density at radius 1 is 1.43 bits per heavy atom. The molecule has 0 aliphatic heterocycles. The van der Waals surface area contributed by atoms with E-state index in [1.807, 2.05) is 13.8 Å². The molecule has 0 unspecified atom stereocenters. The molecule has 2 amide bonds. The number of nitrogens with two attached hydrogens (primary N) is 2. The molecule has 0 radical (unpaired) electrons. The van der Waals surface area contributed by atoms with Crippen LogP contribution in [0.15, 0.2) is 0 Å². The lowest BCUT2D eigenvalue weighted by Crippen LogP contribution is -2.51. The molecule has 0 saturated heterocycles. The number of carbonyl (C=O) groups excluding carboxylic acids is 2. The van der Waals surface area contributed by atoms with Crippen LogP contribution in [0.4, 0.5) is 0 Å². The van der Waals surface area contributed by atoms with Gasteiger partial charge in [-0.05, 0) is 26.7 Å². The lowest BCUT2D eigenvalue weighted by Gasteiger charge is -2.28. The smallest absolute Gasteiger partial charge is 0.243 e. The molecule has 1 saturated carbocycles. The number of amides is 2. The van der Waals surface area contributed by atoms with Crippen LogP contribution in [-0.2, 0) is 9.59 Å². The summed E-state index contributed by atoms with van der Waals surface area (Å²) in [5.41, 5.74) is 10.1. The molecule has 14 heavy (non-hydrogen) atoms. The first kappa shape index (κ1) is 11.0. The van der Waals surface area contributed by atoms with Crippen molar-refractivity contribution in [1.29, 1.82) is 0 Å². The van der Waals surface area contributed by atoms with Gasteiger partial charge in [0.05, 0.1) is 12.1 Å². The summed E-state index contributed by atoms with van der Waals surface area (Å²) in [7, 11) is 0. The van der Waals surface area contributed by atoms with Crippen molar-refractivity contribution in [2.24, 2.45) is 11.5 Å². The monoisotopic (exact) mass is 199 g/mol. The maximum absolute atomic E-state index is 11.8. The molecule has 0 aromatic rings. The molecule has 1 aliphatic rings. The van der Waals surface area contributed by atoms with Gasteiger partial charge in [0.2, 0.25) is 11.8 Å². The van der Waals surface area contributed by atoms with Crippen molar-refractivity contribution in [2.45, 2.75) is 38.3 Å². The van der Waals surface area contributed by atoms with E-state index in [-0.39, 0.29) is 18.5 Å². The van der Waals surface area contributed by atoms with Crippen LogP contribution in [0.5, 0.6) is 0 Å². The first-order valence-electron chi connectivity index (χ1n) is 4.75. The SMILES string of the molecule is CC(C)N(CC(N)=O)C(=O)C1(N)CC1. The third-order valence-electron chi connectivity index (χ3n) is 2.42. The summed E-state index contributed by atoms with van der Waals surface area (Å²) in [6.45, 7) is 3.63. The minimum Gasteiger partial charge on any atom is -0.368 e. The van der Waals surface area contributed by atoms with E-state index in [2.05, 4.69) is 0 Å². The van der Waals surface area contributed by atoms with Crippen molar-refractivity contribution in [3.8, 4) is 0 Å². The van der Waals surface area contributed by atoms with Crippen LogP contribution < -0.4 is 11.5 Å². The van der Waals surface area contributed by atoms with Crippen LogP contribution in [0.3, 0.4) is 0 Å². The van der Waals surface area contributed by atoms with E-state index in [9.17, 15) is 9.59 Å². The summed E-state index contributed by atoms with van der Waals surface area (Å²) in [6.07, 6.45) is 1.40. The Balaban J connectivity index is 2.67. The van der Waals surface area contributed by atoms with Gasteiger partial charge in [-0.15, -0.1) is 0 Å². The third kappa shape index (κ3) is 2.23. The lowest BCUT2D eigenvalue weighted by atomic mass is 10.2. The fraction of sp³-hybridized carbons (Fsp3) is 0.778. The fourth-order valence-corrected chi connectivity index (χ4v) is 1.29. The molecule has 0 aromatic heterocycles. The molecule has 1 fully saturated rings. The van der Waals surface area contributed by atoms with Gasteiger partial charge in [0, 0.05) is 6.04 Å². The van der Waals surface area contributed by atoms with Gasteiger partial charge in [0.25, 0.3) is 0 Å². The summed E-state index contributed by atoms with van der Waals surface area (Å²) in [5.74, 6) is -0.664. The van der Waals surface area contributed by atoms with Gasteiger partial charge in [-0.2, -0.15) is 0 Å². The largest absolute Gasteiger partial charge is 0.368 e. The Morgan fingerprint density at radius 2 is 1.93 bits per heavy atom. The highest BCUT2D eigenvalue weighted by Crippen LogP contribution is 2.34. The molecule has 1 aliphatic carbocycles. The molecule has 0 bridgehead atoms. The standard InChI is InChI=1S/C9H17N3O2/c1-6(2)12(5-7(10)13)8(14)9(11)3-4-9/h6H,3-5,11H2,1-2H3,(H2,10,13). The van der Waals surface area contributed by atoms with Crippen molar-refractivity contribution in [2.75, 3.05) is 6.54 Å². The number of carbonyl (C=O) groups is 2. The van der Waals surface area contributed by atoms with Crippen LogP contribution in [-0.4, -0.2) is 34.8 Å². The fourth-order valence-electron chi connectivity index (χ4n) is 1.29. The number of rotatable bonds is 4. The van der Waals surface area contributed by atoms with Crippen molar-refractivity contribution in [1.82, 2.24) is 4.90 Å². The minimum atomic E-state index is -0.722. The predicted molar refractivity (Wildman–Crippen MR) is 52.2 cm³/mol. The average molecular weight is 199 g/mol. The highest BCUT2D eigenvalue weighted by atomic mass is 16.2. The highest BCUT2D eigenvalue weighted by Gasteiger charge is 2.48. The first-order valence-corrected chi connectivity index (χ1v) is 4.75. The molecule has 0 atom stereocenters. The third-order valence-corrected chi connectivity index (χ3v) is 2.42. The van der Waals surface area contributed by atoms with E-state index in [0.717, 1.165) is 0 Å². The molecule has 5 heteroatoms. The Morgan fingerprint density at radius 3 is 2.21 bits per heavy atom. The van der Waals surface area contributed by atoms with E-state index in [4.69, 9.17) is 11.5 Å². The van der Waals surface area contributed by atoms with Gasteiger partial charge in [-0.1, -0.05) is 0 Å². The van der Waals surface area contributed by atoms with Gasteiger partial charge >= 0.3 is 0 Å². The lowest BCUT2D eigenvalue weighted by molar-refractivity contribution is -0.138. The number of hydrogen-bond acceptors (Lipinski definition) is 3. The van der Waals surface area contributed by atoms with Crippen molar-refractivity contribution < 1.29 is 9.59 Å². The van der Waals surface area contributed by atoms with Crippen LogP contribution in [0.2, 0.25) is 0 Å². The molecule has 4 N–H and O–H groups in total. The number of nitrogens with zero attached hydrogens (tertiary/aromatic N) is 1. The summed E-state index contributed by atoms with van der Waals surface area (Å²) < 4.78 is 0. The molecule has 1 rings (SSSR count). The molecule has 5 nitrogen and oxygen atoms in total. The molecule has 0 heterocycles. The number of hydrogen-bond donors (Lipinski definition) is 2. The summed E-state index contributed by atoms with van der Waals surface area (Å²) >= 11 is 0. The molecule has 0 aromatic carbocycles. The summed E-state index contributed by atoms with van der Waals surface area (Å²) in [6, 6.07) is -0.0453. The van der Waals surface area contributed by atoms with Gasteiger partial charge in [0.1, 0.15) is 0 Å². The molecule has 80 valence electrons. The molecule has 0 spiro atoms. The zero-order valence-electron chi connectivity index (χ0n) is 8.62. The van der Waals surface area contributed by atoms with Crippen molar-refractivity contribution in [3.63, 3.8) is 0 Å². The van der Waals surface area contributed by atoms with Crippen LogP contribution >= 0.6 is 0 Å². The first-order chi connectivity index (χ1) is 6.37. The Hall–Kier alpha value is -1.10. The van der Waals surface area contributed by atoms with E-state index < -0.39 is 11.4 Å². The van der Waals surface area contributed by atoms with E-state index in [1.165, 1.54) is 4.90 Å². The van der Waals surface area contributed by atoms with Crippen LogP contribution in [0, 0.1) is 0 Å². The van der Waals surface area contributed by atoms with Crippen molar-refractivity contribution in [3.05, 3.63) is 0 Å². The van der Waals surface area contributed by atoms with Gasteiger partial charge < -0.3 is 16.4 Å². The zero-order valence-corrected chi connectivity index (χ0v) is 8.62. The summed E-state index contributed by atoms with van der Waals surface area (Å²) in [5, 5.41) is 0. The normalized spacial score (nSPS) is 18.0. The maximum Gasteiger partial charge on any atom is 0.243 e. The molecular weight excluding hydrogens is 182 g/mol.